The first kappa shape index (κ1) is 15.6. The highest BCUT2D eigenvalue weighted by Gasteiger charge is 2.11. The molecule has 1 rings (SSSR count). The summed E-state index contributed by atoms with van der Waals surface area (Å²) in [5.74, 6) is -0.556. The number of halogens is 5. The third kappa shape index (κ3) is 6.33. The number of alkyl halides is 4. The van der Waals surface area contributed by atoms with E-state index in [1.54, 1.807) is 0 Å². The van der Waals surface area contributed by atoms with E-state index in [0.29, 0.717) is 10.6 Å². The molecule has 0 amide bonds. The van der Waals surface area contributed by atoms with Crippen LogP contribution < -0.4 is 9.47 Å². The van der Waals surface area contributed by atoms with Crippen molar-refractivity contribution in [2.45, 2.75) is 19.6 Å². The van der Waals surface area contributed by atoms with Crippen LogP contribution in [0.2, 0.25) is 0 Å². The zero-order valence-electron chi connectivity index (χ0n) is 9.58. The maximum absolute atomic E-state index is 12.1. The Morgan fingerprint density at radius 1 is 1.11 bits per heavy atom. The fourth-order valence-electron chi connectivity index (χ4n) is 1.28. The van der Waals surface area contributed by atoms with E-state index >= 15 is 0 Å². The van der Waals surface area contributed by atoms with Gasteiger partial charge in [0.15, 0.2) is 0 Å². The van der Waals surface area contributed by atoms with Crippen molar-refractivity contribution in [3.8, 4) is 11.5 Å². The molecule has 0 N–H and O–H groups in total. The summed E-state index contributed by atoms with van der Waals surface area (Å²) < 4.78 is 56.7. The number of allylic oxidation sites excluding steroid dienone is 1. The second-order valence-corrected chi connectivity index (χ2v) is 3.95. The lowest BCUT2D eigenvalue weighted by molar-refractivity contribution is -0.0543. The van der Waals surface area contributed by atoms with Crippen molar-refractivity contribution in [1.82, 2.24) is 0 Å². The second-order valence-electron chi connectivity index (χ2n) is 3.42. The lowest BCUT2D eigenvalue weighted by atomic mass is 10.1. The minimum Gasteiger partial charge on any atom is -0.435 e. The van der Waals surface area contributed by atoms with Crippen LogP contribution in [0, 0.1) is 6.42 Å². The topological polar surface area (TPSA) is 18.5 Å². The third-order valence-corrected chi connectivity index (χ3v) is 2.07. The summed E-state index contributed by atoms with van der Waals surface area (Å²) in [4.78, 5) is 0. The number of hydrogen-bond acceptors (Lipinski definition) is 2. The van der Waals surface area contributed by atoms with Gasteiger partial charge in [-0.25, -0.2) is 0 Å². The normalized spacial score (nSPS) is 10.9. The van der Waals surface area contributed by atoms with Crippen molar-refractivity contribution in [3.05, 3.63) is 41.8 Å². The Bertz CT molecular complexity index is 409. The molecule has 0 saturated carbocycles. The van der Waals surface area contributed by atoms with Gasteiger partial charge in [0.05, 0.1) is 0 Å². The van der Waals surface area contributed by atoms with E-state index in [-0.39, 0.29) is 17.9 Å². The molecule has 19 heavy (non-hydrogen) atoms. The van der Waals surface area contributed by atoms with Crippen LogP contribution in [0.5, 0.6) is 11.5 Å². The summed E-state index contributed by atoms with van der Waals surface area (Å²) in [5, 5.41) is 0.316. The van der Waals surface area contributed by atoms with Crippen LogP contribution in [0.4, 0.5) is 17.6 Å². The van der Waals surface area contributed by atoms with Gasteiger partial charge >= 0.3 is 13.2 Å². The van der Waals surface area contributed by atoms with Crippen molar-refractivity contribution in [2.75, 3.05) is 0 Å². The smallest absolute Gasteiger partial charge is 0.387 e. The molecule has 105 valence electrons. The van der Waals surface area contributed by atoms with E-state index in [4.69, 9.17) is 11.6 Å². The summed E-state index contributed by atoms with van der Waals surface area (Å²) in [5.41, 5.74) is 0.357. The van der Waals surface area contributed by atoms with Crippen molar-refractivity contribution in [1.29, 1.82) is 0 Å². The quantitative estimate of drug-likeness (QED) is 0.686. The molecule has 0 heterocycles. The molecule has 0 unspecified atom stereocenters. The van der Waals surface area contributed by atoms with Crippen molar-refractivity contribution >= 4 is 11.6 Å². The standard InChI is InChI=1S/C12H10ClF4O2/c1-7(13)2-3-8-4-9(18-11(14)15)6-10(5-8)19-12(16)17/h3-6,11-12H,1-2H2. The van der Waals surface area contributed by atoms with Crippen molar-refractivity contribution in [2.24, 2.45) is 0 Å². The van der Waals surface area contributed by atoms with Crippen LogP contribution in [-0.4, -0.2) is 13.2 Å². The predicted molar refractivity (Wildman–Crippen MR) is 62.7 cm³/mol. The Labute approximate surface area is 112 Å². The summed E-state index contributed by atoms with van der Waals surface area (Å²) in [6, 6.07) is 3.46. The van der Waals surface area contributed by atoms with Gasteiger partial charge in [0.2, 0.25) is 0 Å². The largest absolute Gasteiger partial charge is 0.435 e. The molecular weight excluding hydrogens is 288 g/mol. The molecule has 0 fully saturated rings. The van der Waals surface area contributed by atoms with Gasteiger partial charge in [-0.05, 0) is 30.5 Å². The minimum atomic E-state index is -3.06. The van der Waals surface area contributed by atoms with Crippen LogP contribution in [-0.2, 0) is 0 Å². The first-order valence-corrected chi connectivity index (χ1v) is 5.46. The first-order chi connectivity index (χ1) is 8.86. The van der Waals surface area contributed by atoms with E-state index in [9.17, 15) is 17.6 Å². The van der Waals surface area contributed by atoms with E-state index < -0.39 is 13.2 Å². The monoisotopic (exact) mass is 297 g/mol. The van der Waals surface area contributed by atoms with E-state index in [2.05, 4.69) is 16.1 Å². The van der Waals surface area contributed by atoms with Gasteiger partial charge in [-0.15, -0.1) is 0 Å². The molecule has 0 saturated heterocycles. The third-order valence-electron chi connectivity index (χ3n) is 1.91. The minimum absolute atomic E-state index is 0.258. The van der Waals surface area contributed by atoms with E-state index in [1.807, 2.05) is 0 Å². The fourth-order valence-corrected chi connectivity index (χ4v) is 1.36. The molecule has 0 aliphatic carbocycles. The molecule has 1 radical (unpaired) electrons. The van der Waals surface area contributed by atoms with Gasteiger partial charge < -0.3 is 9.47 Å². The van der Waals surface area contributed by atoms with Crippen molar-refractivity contribution in [3.63, 3.8) is 0 Å². The molecule has 0 spiro atoms. The Morgan fingerprint density at radius 3 is 1.95 bits per heavy atom. The second kappa shape index (κ2) is 7.23. The van der Waals surface area contributed by atoms with Gasteiger partial charge in [-0.3, -0.25) is 0 Å². The molecule has 0 aliphatic rings. The first-order valence-electron chi connectivity index (χ1n) is 5.08. The predicted octanol–water partition coefficient (Wildman–Crippen LogP) is 4.58. The Balaban J connectivity index is 2.91. The molecule has 0 aliphatic heterocycles. The summed E-state index contributed by atoms with van der Waals surface area (Å²) >= 11 is 5.55. The lowest BCUT2D eigenvalue weighted by Gasteiger charge is -2.11. The Morgan fingerprint density at radius 2 is 1.58 bits per heavy atom. The van der Waals surface area contributed by atoms with Gasteiger partial charge in [-0.2, -0.15) is 17.6 Å². The SMILES string of the molecule is C=C(Cl)C[CH]c1cc(OC(F)F)cc(OC(F)F)c1. The molecule has 0 atom stereocenters. The van der Waals surface area contributed by atoms with Crippen LogP contribution in [0.15, 0.2) is 29.8 Å². The maximum Gasteiger partial charge on any atom is 0.387 e. The molecular formula is C12H10ClF4O2. The van der Waals surface area contributed by atoms with Crippen molar-refractivity contribution < 1.29 is 27.0 Å². The lowest BCUT2D eigenvalue weighted by Crippen LogP contribution is -2.05. The molecule has 0 aromatic heterocycles. The van der Waals surface area contributed by atoms with Gasteiger partial charge in [0, 0.05) is 11.1 Å². The average Bonchev–Trinajstić information content (AvgIpc) is 2.24. The van der Waals surface area contributed by atoms with Gasteiger partial charge in [0.1, 0.15) is 11.5 Å². The summed E-state index contributed by atoms with van der Waals surface area (Å²) in [6.07, 6.45) is 1.78. The molecule has 1 aromatic rings. The fraction of sp³-hybridized carbons (Fsp3) is 0.250. The van der Waals surface area contributed by atoms with Crippen LogP contribution in [0.3, 0.4) is 0 Å². The number of rotatable bonds is 7. The maximum atomic E-state index is 12.1. The highest BCUT2D eigenvalue weighted by Crippen LogP contribution is 2.27. The number of benzene rings is 1. The Hall–Kier alpha value is -1.43. The average molecular weight is 298 g/mol. The highest BCUT2D eigenvalue weighted by molar-refractivity contribution is 6.29. The number of ether oxygens (including phenoxy) is 2. The molecule has 0 bridgehead atoms. The van der Waals surface area contributed by atoms with Gasteiger partial charge in [-0.1, -0.05) is 18.2 Å². The van der Waals surface area contributed by atoms with Crippen LogP contribution in [0.1, 0.15) is 12.0 Å². The zero-order valence-corrected chi connectivity index (χ0v) is 10.3. The van der Waals surface area contributed by atoms with E-state index in [1.165, 1.54) is 18.6 Å². The zero-order chi connectivity index (χ0) is 14.4. The number of hydrogen-bond donors (Lipinski definition) is 0. The molecule has 7 heteroatoms. The van der Waals surface area contributed by atoms with Crippen LogP contribution in [0.25, 0.3) is 0 Å². The summed E-state index contributed by atoms with van der Waals surface area (Å²) in [7, 11) is 0. The van der Waals surface area contributed by atoms with E-state index in [0.717, 1.165) is 6.07 Å². The molecule has 2 nitrogen and oxygen atoms in total. The Kier molecular flexibility index (Phi) is 5.95. The highest BCUT2D eigenvalue weighted by atomic mass is 35.5. The molecule has 1 aromatic carbocycles. The van der Waals surface area contributed by atoms with Crippen LogP contribution >= 0.6 is 11.6 Å². The van der Waals surface area contributed by atoms with Gasteiger partial charge in [0.25, 0.3) is 0 Å². The summed E-state index contributed by atoms with van der Waals surface area (Å²) in [6.45, 7) is -2.67.